The van der Waals surface area contributed by atoms with Gasteiger partial charge in [0.2, 0.25) is 0 Å². The molecule has 1 aliphatic heterocycles. The van der Waals surface area contributed by atoms with Crippen molar-refractivity contribution in [3.05, 3.63) is 0 Å². The van der Waals surface area contributed by atoms with Gasteiger partial charge in [0, 0.05) is 6.42 Å². The van der Waals surface area contributed by atoms with Crippen molar-refractivity contribution in [2.75, 3.05) is 0 Å². The van der Waals surface area contributed by atoms with Crippen molar-refractivity contribution in [2.45, 2.75) is 64.3 Å². The molecule has 1 fully saturated rings. The zero-order chi connectivity index (χ0) is 9.19. The van der Waals surface area contributed by atoms with Crippen molar-refractivity contribution >= 4 is 0 Å². The van der Waals surface area contributed by atoms with Crippen LogP contribution in [0.5, 0.6) is 0 Å². The summed E-state index contributed by atoms with van der Waals surface area (Å²) in [5, 5.41) is 10.1. The van der Waals surface area contributed by atoms with Crippen molar-refractivity contribution in [1.29, 1.82) is 0 Å². The van der Waals surface area contributed by atoms with Crippen LogP contribution in [0.25, 0.3) is 0 Å². The molecule has 72 valence electrons. The molecular weight excluding hydrogens is 152 g/mol. The van der Waals surface area contributed by atoms with Gasteiger partial charge in [0.25, 0.3) is 0 Å². The molecule has 0 amide bonds. The fourth-order valence-corrected chi connectivity index (χ4v) is 1.98. The first-order valence-corrected chi connectivity index (χ1v) is 4.96. The molecule has 0 spiro atoms. The second kappa shape index (κ2) is 3.75. The molecule has 1 heterocycles. The third kappa shape index (κ3) is 1.99. The summed E-state index contributed by atoms with van der Waals surface area (Å²) in [6, 6.07) is 0. The van der Waals surface area contributed by atoms with Crippen molar-refractivity contribution in [1.82, 2.24) is 0 Å². The highest BCUT2D eigenvalue weighted by Gasteiger charge is 2.42. The molecule has 0 bridgehead atoms. The van der Waals surface area contributed by atoms with Crippen molar-refractivity contribution in [3.63, 3.8) is 0 Å². The van der Waals surface area contributed by atoms with Crippen LogP contribution in [0.15, 0.2) is 0 Å². The second-order valence-corrected chi connectivity index (χ2v) is 4.00. The molecule has 0 aromatic carbocycles. The summed E-state index contributed by atoms with van der Waals surface area (Å²) in [4.78, 5) is 0. The van der Waals surface area contributed by atoms with Crippen LogP contribution in [0.3, 0.4) is 0 Å². The predicted octanol–water partition coefficient (Wildman–Crippen LogP) is 2.10. The van der Waals surface area contributed by atoms with Crippen LogP contribution < -0.4 is 0 Å². The molecule has 1 saturated heterocycles. The molecule has 0 aromatic rings. The van der Waals surface area contributed by atoms with E-state index in [9.17, 15) is 5.11 Å². The average Bonchev–Trinajstić information content (AvgIpc) is 2.23. The molecule has 0 saturated carbocycles. The Hall–Kier alpha value is -0.0800. The van der Waals surface area contributed by atoms with Crippen LogP contribution in [-0.2, 0) is 4.74 Å². The van der Waals surface area contributed by atoms with Gasteiger partial charge < -0.3 is 9.84 Å². The summed E-state index contributed by atoms with van der Waals surface area (Å²) in [7, 11) is 0. The molecule has 1 aliphatic rings. The maximum atomic E-state index is 10.1. The van der Waals surface area contributed by atoms with Crippen LogP contribution >= 0.6 is 0 Å². The lowest BCUT2D eigenvalue weighted by Gasteiger charge is -2.25. The summed E-state index contributed by atoms with van der Waals surface area (Å²) >= 11 is 0. The molecule has 1 rings (SSSR count). The fourth-order valence-electron chi connectivity index (χ4n) is 1.98. The lowest BCUT2D eigenvalue weighted by Crippen LogP contribution is -2.35. The Morgan fingerprint density at radius 2 is 2.17 bits per heavy atom. The Morgan fingerprint density at radius 3 is 2.58 bits per heavy atom. The largest absolute Gasteiger partial charge is 0.387 e. The monoisotopic (exact) mass is 172 g/mol. The van der Waals surface area contributed by atoms with Crippen molar-refractivity contribution in [2.24, 2.45) is 0 Å². The van der Waals surface area contributed by atoms with E-state index in [1.54, 1.807) is 0 Å². The molecule has 3 atom stereocenters. The zero-order valence-electron chi connectivity index (χ0n) is 8.34. The van der Waals surface area contributed by atoms with Crippen molar-refractivity contribution < 1.29 is 9.84 Å². The highest BCUT2D eigenvalue weighted by molar-refractivity contribution is 4.92. The standard InChI is InChI=1S/C10H20O2/c1-4-5-6-10(11)7-8(2)12-9(10)3/h8-9,11H,4-7H2,1-3H3. The lowest BCUT2D eigenvalue weighted by atomic mass is 9.89. The maximum Gasteiger partial charge on any atom is 0.0930 e. The first-order chi connectivity index (χ1) is 5.58. The number of aliphatic hydroxyl groups is 1. The van der Waals surface area contributed by atoms with Gasteiger partial charge in [-0.05, 0) is 20.3 Å². The minimum Gasteiger partial charge on any atom is -0.387 e. The molecule has 0 aliphatic carbocycles. The Balaban J connectivity index is 2.46. The molecule has 2 heteroatoms. The topological polar surface area (TPSA) is 29.5 Å². The third-order valence-electron chi connectivity index (χ3n) is 2.80. The van der Waals surface area contributed by atoms with Gasteiger partial charge in [0.05, 0.1) is 17.8 Å². The predicted molar refractivity (Wildman–Crippen MR) is 49.1 cm³/mol. The van der Waals surface area contributed by atoms with Gasteiger partial charge in [-0.3, -0.25) is 0 Å². The van der Waals surface area contributed by atoms with Gasteiger partial charge in [-0.2, -0.15) is 0 Å². The summed E-state index contributed by atoms with van der Waals surface area (Å²) < 4.78 is 5.52. The van der Waals surface area contributed by atoms with Gasteiger partial charge in [0.15, 0.2) is 0 Å². The minimum absolute atomic E-state index is 0.0130. The number of rotatable bonds is 3. The van der Waals surface area contributed by atoms with Crippen LogP contribution in [0.4, 0.5) is 0 Å². The Labute approximate surface area is 74.9 Å². The lowest BCUT2D eigenvalue weighted by molar-refractivity contribution is -0.0412. The van der Waals surface area contributed by atoms with E-state index in [0.717, 1.165) is 25.7 Å². The number of ether oxygens (including phenoxy) is 1. The van der Waals surface area contributed by atoms with Gasteiger partial charge in [-0.1, -0.05) is 19.8 Å². The second-order valence-electron chi connectivity index (χ2n) is 4.00. The molecule has 1 N–H and O–H groups in total. The normalized spacial score (nSPS) is 42.0. The van der Waals surface area contributed by atoms with Crippen LogP contribution in [-0.4, -0.2) is 22.9 Å². The molecule has 2 nitrogen and oxygen atoms in total. The van der Waals surface area contributed by atoms with Gasteiger partial charge in [-0.25, -0.2) is 0 Å². The van der Waals surface area contributed by atoms with Gasteiger partial charge in [-0.15, -0.1) is 0 Å². The highest BCUT2D eigenvalue weighted by atomic mass is 16.5. The average molecular weight is 172 g/mol. The van der Waals surface area contributed by atoms with E-state index in [2.05, 4.69) is 6.92 Å². The van der Waals surface area contributed by atoms with Crippen LogP contribution in [0.1, 0.15) is 46.5 Å². The summed E-state index contributed by atoms with van der Waals surface area (Å²) in [5.41, 5.74) is -0.546. The number of hydrogen-bond donors (Lipinski definition) is 1. The summed E-state index contributed by atoms with van der Waals surface area (Å²) in [5.74, 6) is 0. The van der Waals surface area contributed by atoms with Crippen LogP contribution in [0, 0.1) is 0 Å². The van der Waals surface area contributed by atoms with Crippen LogP contribution in [0.2, 0.25) is 0 Å². The molecule has 12 heavy (non-hydrogen) atoms. The Kier molecular flexibility index (Phi) is 3.13. The first kappa shape index (κ1) is 10.0. The SMILES string of the molecule is CCCCC1(O)CC(C)OC1C. The van der Waals surface area contributed by atoms with E-state index in [0.29, 0.717) is 0 Å². The van der Waals surface area contributed by atoms with E-state index in [1.165, 1.54) is 0 Å². The number of unbranched alkanes of at least 4 members (excludes halogenated alkanes) is 1. The number of hydrogen-bond acceptors (Lipinski definition) is 2. The smallest absolute Gasteiger partial charge is 0.0930 e. The van der Waals surface area contributed by atoms with E-state index < -0.39 is 5.60 Å². The highest BCUT2D eigenvalue weighted by Crippen LogP contribution is 2.34. The molecular formula is C10H20O2. The fraction of sp³-hybridized carbons (Fsp3) is 1.00. The maximum absolute atomic E-state index is 10.1. The minimum atomic E-state index is -0.546. The van der Waals surface area contributed by atoms with E-state index in [-0.39, 0.29) is 12.2 Å². The summed E-state index contributed by atoms with van der Waals surface area (Å²) in [6.07, 6.45) is 4.16. The first-order valence-electron chi connectivity index (χ1n) is 4.96. The van der Waals surface area contributed by atoms with Crippen molar-refractivity contribution in [3.8, 4) is 0 Å². The molecule has 0 aromatic heterocycles. The Morgan fingerprint density at radius 1 is 1.50 bits per heavy atom. The molecule has 3 unspecified atom stereocenters. The van der Waals surface area contributed by atoms with Gasteiger partial charge in [0.1, 0.15) is 0 Å². The quantitative estimate of drug-likeness (QED) is 0.706. The summed E-state index contributed by atoms with van der Waals surface area (Å²) in [6.45, 7) is 6.15. The third-order valence-corrected chi connectivity index (χ3v) is 2.80. The van der Waals surface area contributed by atoms with E-state index in [1.807, 2.05) is 13.8 Å². The molecule has 0 radical (unpaired) electrons. The van der Waals surface area contributed by atoms with E-state index in [4.69, 9.17) is 4.74 Å². The Bertz CT molecular complexity index is 147. The van der Waals surface area contributed by atoms with Gasteiger partial charge >= 0.3 is 0 Å². The zero-order valence-corrected chi connectivity index (χ0v) is 8.34. The van der Waals surface area contributed by atoms with E-state index >= 15 is 0 Å².